The summed E-state index contributed by atoms with van der Waals surface area (Å²) >= 11 is 5.92. The molecule has 0 saturated carbocycles. The lowest BCUT2D eigenvalue weighted by Gasteiger charge is -2.11. The van der Waals surface area contributed by atoms with Crippen LogP contribution in [0.4, 0.5) is 5.69 Å². The highest BCUT2D eigenvalue weighted by Crippen LogP contribution is 2.30. The van der Waals surface area contributed by atoms with Crippen LogP contribution in [0.1, 0.15) is 6.92 Å². The number of carbonyl (C=O) groups is 1. The number of primary sulfonamides is 1. The van der Waals surface area contributed by atoms with Gasteiger partial charge in [0.1, 0.15) is 0 Å². The number of nitrogens with one attached hydrogen (secondary N) is 1. The number of anilines is 1. The molecule has 2 aromatic carbocycles. The average molecular weight is 325 g/mol. The third-order valence-electron chi connectivity index (χ3n) is 2.74. The molecule has 7 heteroatoms. The minimum absolute atomic E-state index is 0.0731. The fraction of sp³-hybridized carbons (Fsp3) is 0.0714. The van der Waals surface area contributed by atoms with Crippen molar-refractivity contribution in [2.75, 3.05) is 5.32 Å². The zero-order chi connectivity index (χ0) is 15.6. The Morgan fingerprint density at radius 3 is 2.48 bits per heavy atom. The molecule has 0 aromatic heterocycles. The molecule has 0 heterocycles. The van der Waals surface area contributed by atoms with E-state index in [9.17, 15) is 13.2 Å². The molecule has 0 unspecified atom stereocenters. The van der Waals surface area contributed by atoms with Gasteiger partial charge in [-0.05, 0) is 29.8 Å². The number of carbonyl (C=O) groups excluding carboxylic acids is 1. The predicted molar refractivity (Wildman–Crippen MR) is 82.6 cm³/mol. The summed E-state index contributed by atoms with van der Waals surface area (Å²) in [7, 11) is -3.95. The molecular weight excluding hydrogens is 312 g/mol. The molecule has 110 valence electrons. The topological polar surface area (TPSA) is 89.3 Å². The first-order chi connectivity index (χ1) is 9.77. The molecule has 0 atom stereocenters. The molecule has 0 aliphatic carbocycles. The maximum absolute atomic E-state index is 11.8. The molecule has 0 fully saturated rings. The Morgan fingerprint density at radius 2 is 1.90 bits per heavy atom. The van der Waals surface area contributed by atoms with E-state index in [1.54, 1.807) is 36.4 Å². The molecular formula is C14H13ClN2O3S. The Morgan fingerprint density at radius 1 is 1.19 bits per heavy atom. The van der Waals surface area contributed by atoms with Crippen molar-refractivity contribution in [2.45, 2.75) is 11.8 Å². The van der Waals surface area contributed by atoms with Crippen molar-refractivity contribution in [1.82, 2.24) is 0 Å². The van der Waals surface area contributed by atoms with E-state index in [4.69, 9.17) is 16.7 Å². The third kappa shape index (κ3) is 3.81. The lowest BCUT2D eigenvalue weighted by molar-refractivity contribution is -0.114. The first-order valence-electron chi connectivity index (χ1n) is 5.98. The van der Waals surface area contributed by atoms with Gasteiger partial charge in [-0.3, -0.25) is 4.79 Å². The van der Waals surface area contributed by atoms with Crippen LogP contribution in [0.2, 0.25) is 5.02 Å². The van der Waals surface area contributed by atoms with Crippen molar-refractivity contribution in [3.63, 3.8) is 0 Å². The van der Waals surface area contributed by atoms with Gasteiger partial charge in [-0.25, -0.2) is 13.6 Å². The molecule has 1 amide bonds. The molecule has 0 aliphatic rings. The van der Waals surface area contributed by atoms with Crippen LogP contribution in [0.25, 0.3) is 11.1 Å². The van der Waals surface area contributed by atoms with Crippen molar-refractivity contribution >= 4 is 33.2 Å². The maximum Gasteiger partial charge on any atom is 0.238 e. The number of hydrogen-bond donors (Lipinski definition) is 2. The maximum atomic E-state index is 11.8. The fourth-order valence-corrected chi connectivity index (χ4v) is 2.91. The van der Waals surface area contributed by atoms with Crippen LogP contribution in [-0.4, -0.2) is 14.3 Å². The van der Waals surface area contributed by atoms with E-state index in [1.165, 1.54) is 13.0 Å². The number of halogens is 1. The van der Waals surface area contributed by atoms with Gasteiger partial charge in [0, 0.05) is 23.2 Å². The number of rotatable bonds is 3. The Hall–Kier alpha value is -1.89. The van der Waals surface area contributed by atoms with Crippen LogP contribution in [0.5, 0.6) is 0 Å². The highest BCUT2D eigenvalue weighted by molar-refractivity contribution is 7.89. The second kappa shape index (κ2) is 5.85. The second-order valence-corrected chi connectivity index (χ2v) is 6.41. The number of hydrogen-bond acceptors (Lipinski definition) is 3. The molecule has 0 bridgehead atoms. The smallest absolute Gasteiger partial charge is 0.238 e. The summed E-state index contributed by atoms with van der Waals surface area (Å²) in [5, 5.41) is 8.27. The highest BCUT2D eigenvalue weighted by atomic mass is 35.5. The molecule has 21 heavy (non-hydrogen) atoms. The van der Waals surface area contributed by atoms with E-state index in [1.807, 2.05) is 0 Å². The van der Waals surface area contributed by atoms with Crippen LogP contribution in [0, 0.1) is 0 Å². The quantitative estimate of drug-likeness (QED) is 0.909. The van der Waals surface area contributed by atoms with Gasteiger partial charge in [0.15, 0.2) is 0 Å². The van der Waals surface area contributed by atoms with Crippen molar-refractivity contribution in [3.8, 4) is 11.1 Å². The van der Waals surface area contributed by atoms with Gasteiger partial charge in [0.25, 0.3) is 0 Å². The van der Waals surface area contributed by atoms with Gasteiger partial charge in [0.05, 0.1) is 4.90 Å². The summed E-state index contributed by atoms with van der Waals surface area (Å²) in [4.78, 5) is 11.0. The molecule has 0 spiro atoms. The third-order valence-corrected chi connectivity index (χ3v) is 3.93. The van der Waals surface area contributed by atoms with Crippen molar-refractivity contribution in [2.24, 2.45) is 5.14 Å². The molecule has 0 radical (unpaired) electrons. The number of benzene rings is 2. The van der Waals surface area contributed by atoms with Crippen LogP contribution >= 0.6 is 11.6 Å². The first kappa shape index (κ1) is 15.5. The van der Waals surface area contributed by atoms with Crippen molar-refractivity contribution in [3.05, 3.63) is 47.5 Å². The van der Waals surface area contributed by atoms with E-state index in [0.29, 0.717) is 21.8 Å². The average Bonchev–Trinajstić information content (AvgIpc) is 2.37. The van der Waals surface area contributed by atoms with Gasteiger partial charge in [0.2, 0.25) is 15.9 Å². The second-order valence-electron chi connectivity index (χ2n) is 4.45. The van der Waals surface area contributed by atoms with Crippen LogP contribution in [-0.2, 0) is 14.8 Å². The summed E-state index contributed by atoms with van der Waals surface area (Å²) < 4.78 is 23.6. The number of sulfonamides is 1. The van der Waals surface area contributed by atoms with E-state index >= 15 is 0 Å². The lowest BCUT2D eigenvalue weighted by atomic mass is 10.1. The Labute approximate surface area is 127 Å². The Balaban J connectivity index is 2.63. The monoisotopic (exact) mass is 324 g/mol. The summed E-state index contributed by atoms with van der Waals surface area (Å²) in [6.45, 7) is 1.33. The van der Waals surface area contributed by atoms with Gasteiger partial charge in [-0.2, -0.15) is 0 Å². The zero-order valence-corrected chi connectivity index (χ0v) is 12.7. The highest BCUT2D eigenvalue weighted by Gasteiger charge is 2.16. The van der Waals surface area contributed by atoms with E-state index in [-0.39, 0.29) is 10.8 Å². The van der Waals surface area contributed by atoms with Crippen molar-refractivity contribution in [1.29, 1.82) is 0 Å². The molecule has 0 saturated heterocycles. The van der Waals surface area contributed by atoms with Gasteiger partial charge in [-0.15, -0.1) is 0 Å². The largest absolute Gasteiger partial charge is 0.326 e. The molecule has 0 aliphatic heterocycles. The van der Waals surface area contributed by atoms with E-state index < -0.39 is 10.0 Å². The normalized spacial score (nSPS) is 11.2. The standard InChI is InChI=1S/C14H13ClN2O3S/c1-9(18)17-12-5-6-13(14(8-12)21(16,19)20)10-3-2-4-11(15)7-10/h2-8H,1H3,(H,17,18)(H2,16,19,20). The zero-order valence-electron chi connectivity index (χ0n) is 11.1. The minimum atomic E-state index is -3.95. The molecule has 2 rings (SSSR count). The number of amides is 1. The summed E-state index contributed by atoms with van der Waals surface area (Å²) in [6.07, 6.45) is 0. The van der Waals surface area contributed by atoms with Crippen LogP contribution in [0.15, 0.2) is 47.4 Å². The summed E-state index contributed by atoms with van der Waals surface area (Å²) in [6, 6.07) is 11.3. The molecule has 2 aromatic rings. The van der Waals surface area contributed by atoms with Gasteiger partial charge >= 0.3 is 0 Å². The lowest BCUT2D eigenvalue weighted by Crippen LogP contribution is -2.14. The Kier molecular flexibility index (Phi) is 4.32. The van der Waals surface area contributed by atoms with Gasteiger partial charge < -0.3 is 5.32 Å². The van der Waals surface area contributed by atoms with Crippen molar-refractivity contribution < 1.29 is 13.2 Å². The van der Waals surface area contributed by atoms with Gasteiger partial charge in [-0.1, -0.05) is 29.8 Å². The fourth-order valence-electron chi connectivity index (χ4n) is 1.93. The minimum Gasteiger partial charge on any atom is -0.326 e. The van der Waals surface area contributed by atoms with E-state index in [2.05, 4.69) is 5.32 Å². The summed E-state index contributed by atoms with van der Waals surface area (Å²) in [5.74, 6) is -0.300. The predicted octanol–water partition coefficient (Wildman–Crippen LogP) is 2.61. The summed E-state index contributed by atoms with van der Waals surface area (Å²) in [5.41, 5.74) is 1.41. The first-order valence-corrected chi connectivity index (χ1v) is 7.90. The molecule has 3 N–H and O–H groups in total. The molecule has 5 nitrogen and oxygen atoms in total. The SMILES string of the molecule is CC(=O)Nc1ccc(-c2cccc(Cl)c2)c(S(N)(=O)=O)c1. The van der Waals surface area contributed by atoms with E-state index in [0.717, 1.165) is 0 Å². The number of nitrogens with two attached hydrogens (primary N) is 1. The van der Waals surface area contributed by atoms with Crippen LogP contribution in [0.3, 0.4) is 0 Å². The van der Waals surface area contributed by atoms with Crippen LogP contribution < -0.4 is 10.5 Å². The Bertz CT molecular complexity index is 804.